The minimum atomic E-state index is 0.447. The summed E-state index contributed by atoms with van der Waals surface area (Å²) < 4.78 is 5.12. The topological polar surface area (TPSA) is 71.1 Å². The van der Waals surface area contributed by atoms with Gasteiger partial charge in [0.05, 0.1) is 17.3 Å². The molecule has 2 aromatic heterocycles. The zero-order valence-corrected chi connectivity index (χ0v) is 18.5. The predicted octanol–water partition coefficient (Wildman–Crippen LogP) is 4.64. The summed E-state index contributed by atoms with van der Waals surface area (Å²) in [7, 11) is 1.74. The molecule has 2 aromatic rings. The summed E-state index contributed by atoms with van der Waals surface area (Å²) in [6.07, 6.45) is 9.01. The van der Waals surface area contributed by atoms with Crippen LogP contribution in [0.15, 0.2) is 17.6 Å². The molecule has 0 saturated heterocycles. The van der Waals surface area contributed by atoms with E-state index in [9.17, 15) is 0 Å². The number of hydrogen-bond donors (Lipinski definition) is 3. The average Bonchev–Trinajstić information content (AvgIpc) is 3.45. The molecule has 0 amide bonds. The van der Waals surface area contributed by atoms with Crippen LogP contribution in [0.5, 0.6) is 0 Å². The van der Waals surface area contributed by atoms with Gasteiger partial charge in [0.2, 0.25) is 0 Å². The van der Waals surface area contributed by atoms with Crippen molar-refractivity contribution in [2.75, 3.05) is 37.4 Å². The first-order valence-electron chi connectivity index (χ1n) is 10.6. The van der Waals surface area contributed by atoms with Gasteiger partial charge in [-0.1, -0.05) is 11.6 Å². The van der Waals surface area contributed by atoms with Crippen molar-refractivity contribution in [3.63, 3.8) is 0 Å². The van der Waals surface area contributed by atoms with Crippen molar-refractivity contribution in [2.24, 2.45) is 5.92 Å². The van der Waals surface area contributed by atoms with Gasteiger partial charge in [-0.05, 0) is 50.5 Å². The minimum Gasteiger partial charge on any atom is -0.383 e. The number of methoxy groups -OCH3 is 1. The molecule has 0 radical (unpaired) electrons. The van der Waals surface area contributed by atoms with E-state index in [4.69, 9.17) is 21.3 Å². The van der Waals surface area contributed by atoms with Crippen molar-refractivity contribution in [3.8, 4) is 11.3 Å². The van der Waals surface area contributed by atoms with Crippen LogP contribution in [-0.4, -0.2) is 48.9 Å². The van der Waals surface area contributed by atoms with E-state index in [1.807, 2.05) is 6.07 Å². The molecule has 158 valence electrons. The van der Waals surface area contributed by atoms with Gasteiger partial charge in [0.25, 0.3) is 0 Å². The van der Waals surface area contributed by atoms with E-state index < -0.39 is 0 Å². The molecule has 2 heterocycles. The van der Waals surface area contributed by atoms with Gasteiger partial charge < -0.3 is 20.7 Å². The van der Waals surface area contributed by atoms with Crippen LogP contribution in [0.1, 0.15) is 38.5 Å². The molecule has 4 rings (SSSR count). The molecule has 2 saturated carbocycles. The molecule has 2 aliphatic carbocycles. The molecular formula is C21H30ClN5OS. The average molecular weight is 436 g/mol. The summed E-state index contributed by atoms with van der Waals surface area (Å²) >= 11 is 8.07. The number of thiazole rings is 1. The smallest absolute Gasteiger partial charge is 0.183 e. The van der Waals surface area contributed by atoms with Crippen LogP contribution < -0.4 is 16.0 Å². The van der Waals surface area contributed by atoms with E-state index in [1.54, 1.807) is 24.6 Å². The van der Waals surface area contributed by atoms with Crippen molar-refractivity contribution >= 4 is 33.9 Å². The van der Waals surface area contributed by atoms with Crippen molar-refractivity contribution in [1.29, 1.82) is 0 Å². The van der Waals surface area contributed by atoms with Gasteiger partial charge in [0, 0.05) is 49.4 Å². The number of rotatable bonds is 10. The van der Waals surface area contributed by atoms with Crippen molar-refractivity contribution < 1.29 is 4.74 Å². The van der Waals surface area contributed by atoms with Gasteiger partial charge in [-0.25, -0.2) is 9.97 Å². The minimum absolute atomic E-state index is 0.447. The third-order valence-electron chi connectivity index (χ3n) is 5.69. The third-order valence-corrected chi connectivity index (χ3v) is 6.79. The van der Waals surface area contributed by atoms with Gasteiger partial charge in [-0.15, -0.1) is 11.3 Å². The highest BCUT2D eigenvalue weighted by molar-refractivity contribution is 7.14. The second-order valence-electron chi connectivity index (χ2n) is 8.05. The highest BCUT2D eigenvalue weighted by atomic mass is 35.5. The Hall–Kier alpha value is -1.41. The van der Waals surface area contributed by atoms with E-state index in [-0.39, 0.29) is 0 Å². The fraction of sp³-hybridized carbons (Fsp3) is 0.619. The van der Waals surface area contributed by atoms with Crippen LogP contribution in [0, 0.1) is 5.92 Å². The fourth-order valence-electron chi connectivity index (χ4n) is 3.76. The fourth-order valence-corrected chi connectivity index (χ4v) is 4.68. The Labute approximate surface area is 181 Å². The van der Waals surface area contributed by atoms with Gasteiger partial charge >= 0.3 is 0 Å². The number of halogens is 1. The Morgan fingerprint density at radius 1 is 1.17 bits per heavy atom. The molecule has 8 heteroatoms. The predicted molar refractivity (Wildman–Crippen MR) is 121 cm³/mol. The summed E-state index contributed by atoms with van der Waals surface area (Å²) in [6.45, 7) is 2.71. The normalized spacial score (nSPS) is 21.9. The molecule has 0 unspecified atom stereocenters. The summed E-state index contributed by atoms with van der Waals surface area (Å²) in [5.41, 5.74) is 1.85. The zero-order chi connectivity index (χ0) is 20.1. The van der Waals surface area contributed by atoms with E-state index in [1.165, 1.54) is 25.7 Å². The maximum absolute atomic E-state index is 6.44. The molecule has 2 fully saturated rings. The number of aromatic nitrogens is 2. The lowest BCUT2D eigenvalue weighted by molar-refractivity contribution is 0.191. The lowest BCUT2D eigenvalue weighted by Gasteiger charge is -2.30. The molecule has 29 heavy (non-hydrogen) atoms. The summed E-state index contributed by atoms with van der Waals surface area (Å²) in [5, 5.41) is 14.3. The van der Waals surface area contributed by atoms with E-state index in [0.29, 0.717) is 17.1 Å². The Bertz CT molecular complexity index is 789. The molecular weight excluding hydrogens is 406 g/mol. The van der Waals surface area contributed by atoms with Crippen LogP contribution in [0.3, 0.4) is 0 Å². The number of nitrogens with zero attached hydrogens (tertiary/aromatic N) is 2. The second-order valence-corrected chi connectivity index (χ2v) is 9.32. The Morgan fingerprint density at radius 2 is 1.97 bits per heavy atom. The Balaban J connectivity index is 1.32. The molecule has 6 nitrogen and oxygen atoms in total. The Morgan fingerprint density at radius 3 is 2.72 bits per heavy atom. The van der Waals surface area contributed by atoms with E-state index in [0.717, 1.165) is 60.7 Å². The zero-order valence-electron chi connectivity index (χ0n) is 16.9. The monoisotopic (exact) mass is 435 g/mol. The lowest BCUT2D eigenvalue weighted by Crippen LogP contribution is -2.38. The number of anilines is 2. The molecule has 0 bridgehead atoms. The first kappa shape index (κ1) is 20.8. The van der Waals surface area contributed by atoms with Crippen LogP contribution in [-0.2, 0) is 4.74 Å². The van der Waals surface area contributed by atoms with E-state index >= 15 is 0 Å². The van der Waals surface area contributed by atoms with Crippen molar-refractivity contribution in [2.45, 2.75) is 50.6 Å². The van der Waals surface area contributed by atoms with Crippen molar-refractivity contribution in [3.05, 3.63) is 22.7 Å². The maximum atomic E-state index is 6.44. The Kier molecular flexibility index (Phi) is 7.24. The second kappa shape index (κ2) is 10.1. The van der Waals surface area contributed by atoms with Crippen LogP contribution in [0.2, 0.25) is 5.02 Å². The van der Waals surface area contributed by atoms with Crippen molar-refractivity contribution in [1.82, 2.24) is 15.3 Å². The number of pyridine rings is 1. The van der Waals surface area contributed by atoms with Gasteiger partial charge in [-0.3, -0.25) is 0 Å². The SMILES string of the molecule is COCCN[C@H]1CC[C@H](Nc2cc(-c3csc(NCC4CC4)n3)c(Cl)cn2)CC1. The number of ether oxygens (including phenoxy) is 1. The van der Waals surface area contributed by atoms with Gasteiger partial charge in [0.15, 0.2) is 5.13 Å². The van der Waals surface area contributed by atoms with Gasteiger partial charge in [0.1, 0.15) is 5.82 Å². The maximum Gasteiger partial charge on any atom is 0.183 e. The molecule has 0 spiro atoms. The summed E-state index contributed by atoms with van der Waals surface area (Å²) in [5.74, 6) is 1.70. The van der Waals surface area contributed by atoms with Crippen LogP contribution in [0.4, 0.5) is 10.9 Å². The van der Waals surface area contributed by atoms with Crippen LogP contribution in [0.25, 0.3) is 11.3 Å². The third kappa shape index (κ3) is 6.04. The first-order valence-corrected chi connectivity index (χ1v) is 11.8. The standard InChI is InChI=1S/C21H30ClN5OS/c1-28-9-8-23-15-4-6-16(7-5-15)26-20-10-17(18(22)12-24-20)19-13-29-21(27-19)25-11-14-2-3-14/h10,12-16,23H,2-9,11H2,1H3,(H,24,26)(H,25,27)/t15-,16-. The summed E-state index contributed by atoms with van der Waals surface area (Å²) in [4.78, 5) is 9.22. The van der Waals surface area contributed by atoms with Gasteiger partial charge in [-0.2, -0.15) is 0 Å². The van der Waals surface area contributed by atoms with E-state index in [2.05, 4.69) is 26.3 Å². The quantitative estimate of drug-likeness (QED) is 0.472. The molecule has 0 atom stereocenters. The first-order chi connectivity index (χ1) is 14.2. The summed E-state index contributed by atoms with van der Waals surface area (Å²) in [6, 6.07) is 3.07. The highest BCUT2D eigenvalue weighted by Crippen LogP contribution is 2.34. The van der Waals surface area contributed by atoms with Crippen LogP contribution >= 0.6 is 22.9 Å². The number of nitrogens with one attached hydrogen (secondary N) is 3. The lowest BCUT2D eigenvalue weighted by atomic mass is 9.91. The molecule has 0 aromatic carbocycles. The molecule has 3 N–H and O–H groups in total. The largest absolute Gasteiger partial charge is 0.383 e. The molecule has 2 aliphatic rings. The molecule has 0 aliphatic heterocycles. The highest BCUT2D eigenvalue weighted by Gasteiger charge is 2.22. The number of hydrogen-bond acceptors (Lipinski definition) is 7.